The molecule has 1 saturated carbocycles. The van der Waals surface area contributed by atoms with Gasteiger partial charge in [-0.25, -0.2) is 0 Å². The average molecular weight is 264 g/mol. The maximum atomic E-state index is 6.26. The summed E-state index contributed by atoms with van der Waals surface area (Å²) in [6.45, 7) is 0. The van der Waals surface area contributed by atoms with Gasteiger partial charge in [-0.05, 0) is 42.5 Å². The molecule has 94 valence electrons. The third-order valence-corrected chi connectivity index (χ3v) is 3.90. The van der Waals surface area contributed by atoms with E-state index in [2.05, 4.69) is 4.98 Å². The van der Waals surface area contributed by atoms with Crippen molar-refractivity contribution in [3.63, 3.8) is 0 Å². The molecular formula is C14H14ClNO2. The van der Waals surface area contributed by atoms with E-state index in [4.69, 9.17) is 21.1 Å². The van der Waals surface area contributed by atoms with E-state index in [0.29, 0.717) is 0 Å². The highest BCUT2D eigenvalue weighted by Crippen LogP contribution is 2.45. The first-order chi connectivity index (χ1) is 8.73. The van der Waals surface area contributed by atoms with Gasteiger partial charge in [0.1, 0.15) is 11.4 Å². The van der Waals surface area contributed by atoms with Crippen LogP contribution in [0.2, 0.25) is 0 Å². The van der Waals surface area contributed by atoms with Crippen LogP contribution in [0.5, 0.6) is 5.75 Å². The van der Waals surface area contributed by atoms with Crippen molar-refractivity contribution in [1.29, 1.82) is 0 Å². The lowest BCUT2D eigenvalue weighted by Gasteiger charge is -2.21. The Hall–Kier alpha value is -1.32. The summed E-state index contributed by atoms with van der Waals surface area (Å²) >= 11 is 6.26. The molecule has 0 bridgehead atoms. The Bertz CT molecular complexity index is 568. The summed E-state index contributed by atoms with van der Waals surface area (Å²) in [6, 6.07) is 7.81. The van der Waals surface area contributed by atoms with Gasteiger partial charge in [0.05, 0.1) is 0 Å². The van der Waals surface area contributed by atoms with Crippen LogP contribution in [0.1, 0.15) is 12.8 Å². The molecule has 1 unspecified atom stereocenters. The molecule has 0 spiro atoms. The predicted molar refractivity (Wildman–Crippen MR) is 71.0 cm³/mol. The highest BCUT2D eigenvalue weighted by atomic mass is 35.5. The second-order valence-electron chi connectivity index (χ2n) is 4.59. The van der Waals surface area contributed by atoms with Gasteiger partial charge >= 0.3 is 0 Å². The fraction of sp³-hybridized carbons (Fsp3) is 0.357. The first kappa shape index (κ1) is 11.8. The minimum Gasteiger partial charge on any atom is -0.472 e. The largest absolute Gasteiger partial charge is 0.472 e. The Morgan fingerprint density at radius 3 is 2.83 bits per heavy atom. The van der Waals surface area contributed by atoms with Gasteiger partial charge in [0.15, 0.2) is 0 Å². The molecule has 3 rings (SSSR count). The van der Waals surface area contributed by atoms with E-state index in [1.54, 1.807) is 13.3 Å². The van der Waals surface area contributed by atoms with Crippen molar-refractivity contribution in [3.8, 4) is 5.75 Å². The Labute approximate surface area is 111 Å². The van der Waals surface area contributed by atoms with E-state index >= 15 is 0 Å². The maximum absolute atomic E-state index is 6.26. The van der Waals surface area contributed by atoms with Gasteiger partial charge < -0.3 is 9.47 Å². The number of alkyl halides is 1. The summed E-state index contributed by atoms with van der Waals surface area (Å²) in [5, 5.41) is 2.18. The van der Waals surface area contributed by atoms with Gasteiger partial charge in [-0.1, -0.05) is 11.6 Å². The number of nitrogens with zero attached hydrogens (tertiary/aromatic N) is 1. The minimum atomic E-state index is -0.443. The van der Waals surface area contributed by atoms with Crippen LogP contribution in [-0.2, 0) is 4.74 Å². The first-order valence-electron chi connectivity index (χ1n) is 5.93. The molecular weight excluding hydrogens is 250 g/mol. The van der Waals surface area contributed by atoms with Gasteiger partial charge in [-0.15, -0.1) is 0 Å². The van der Waals surface area contributed by atoms with Gasteiger partial charge in [0.2, 0.25) is 5.56 Å². The molecule has 0 aliphatic heterocycles. The lowest BCUT2D eigenvalue weighted by Crippen LogP contribution is -2.30. The molecule has 0 saturated heterocycles. The molecule has 2 aromatic rings. The zero-order chi connectivity index (χ0) is 12.6. The predicted octanol–water partition coefficient (Wildman–Crippen LogP) is 3.36. The third kappa shape index (κ3) is 2.04. The van der Waals surface area contributed by atoms with Crippen LogP contribution >= 0.6 is 11.6 Å². The third-order valence-electron chi connectivity index (χ3n) is 3.41. The van der Waals surface area contributed by atoms with Crippen molar-refractivity contribution in [2.75, 3.05) is 7.11 Å². The molecule has 0 N–H and O–H groups in total. The maximum Gasteiger partial charge on any atom is 0.200 e. The van der Waals surface area contributed by atoms with Crippen molar-refractivity contribution in [2.45, 2.75) is 24.0 Å². The van der Waals surface area contributed by atoms with Crippen molar-refractivity contribution in [2.24, 2.45) is 0 Å². The Morgan fingerprint density at radius 1 is 1.28 bits per heavy atom. The van der Waals surface area contributed by atoms with Crippen LogP contribution in [0, 0.1) is 0 Å². The zero-order valence-electron chi connectivity index (χ0n) is 10.1. The molecule has 0 radical (unpaired) electrons. The van der Waals surface area contributed by atoms with Gasteiger partial charge in [0.25, 0.3) is 0 Å². The molecule has 3 nitrogen and oxygen atoms in total. The summed E-state index contributed by atoms with van der Waals surface area (Å²) in [5.41, 5.74) is -0.740. The summed E-state index contributed by atoms with van der Waals surface area (Å²) in [4.78, 5) is 4.08. The number of ether oxygens (including phenoxy) is 2. The molecule has 1 heterocycles. The highest BCUT2D eigenvalue weighted by molar-refractivity contribution is 6.20. The SMILES string of the molecule is COC1(C(Cl)Oc2ccc3cnccc3c2)CC1. The molecule has 1 fully saturated rings. The van der Waals surface area contributed by atoms with Crippen LogP contribution in [0.25, 0.3) is 10.8 Å². The quantitative estimate of drug-likeness (QED) is 0.793. The Balaban J connectivity index is 1.82. The number of hydrogen-bond donors (Lipinski definition) is 0. The molecule has 1 aromatic carbocycles. The van der Waals surface area contributed by atoms with E-state index in [1.807, 2.05) is 30.5 Å². The second-order valence-corrected chi connectivity index (χ2v) is 4.98. The minimum absolute atomic E-state index is 0.297. The number of fused-ring (bicyclic) bond motifs is 1. The number of hydrogen-bond acceptors (Lipinski definition) is 3. The summed E-state index contributed by atoms with van der Waals surface area (Å²) < 4.78 is 11.2. The van der Waals surface area contributed by atoms with Crippen LogP contribution in [-0.4, -0.2) is 23.3 Å². The van der Waals surface area contributed by atoms with Crippen molar-refractivity contribution in [1.82, 2.24) is 4.98 Å². The lowest BCUT2D eigenvalue weighted by atomic mass is 10.2. The molecule has 18 heavy (non-hydrogen) atoms. The monoisotopic (exact) mass is 263 g/mol. The molecule has 1 aliphatic carbocycles. The summed E-state index contributed by atoms with van der Waals surface area (Å²) in [5.74, 6) is 0.761. The Kier molecular flexibility index (Phi) is 2.88. The topological polar surface area (TPSA) is 31.4 Å². The second kappa shape index (κ2) is 4.41. The van der Waals surface area contributed by atoms with E-state index < -0.39 is 5.56 Å². The van der Waals surface area contributed by atoms with Gasteiger partial charge in [-0.2, -0.15) is 0 Å². The highest BCUT2D eigenvalue weighted by Gasteiger charge is 2.51. The number of halogens is 1. The molecule has 1 atom stereocenters. The standard InChI is InChI=1S/C14H14ClNO2/c1-17-14(5-6-14)13(15)18-12-3-2-11-9-16-7-4-10(11)8-12/h2-4,7-9,13H,5-6H2,1H3. The van der Waals surface area contributed by atoms with Crippen LogP contribution < -0.4 is 4.74 Å². The normalized spacial score (nSPS) is 18.6. The van der Waals surface area contributed by atoms with E-state index in [1.165, 1.54) is 0 Å². The molecule has 0 amide bonds. The van der Waals surface area contributed by atoms with E-state index in [9.17, 15) is 0 Å². The van der Waals surface area contributed by atoms with Crippen LogP contribution in [0.15, 0.2) is 36.7 Å². The number of pyridine rings is 1. The number of benzene rings is 1. The fourth-order valence-corrected chi connectivity index (χ4v) is 2.42. The van der Waals surface area contributed by atoms with Crippen LogP contribution in [0.4, 0.5) is 0 Å². The van der Waals surface area contributed by atoms with Gasteiger partial charge in [0, 0.05) is 24.9 Å². The number of methoxy groups -OCH3 is 1. The zero-order valence-corrected chi connectivity index (χ0v) is 10.9. The molecule has 4 heteroatoms. The molecule has 1 aliphatic rings. The van der Waals surface area contributed by atoms with Crippen molar-refractivity contribution < 1.29 is 9.47 Å². The Morgan fingerprint density at radius 2 is 2.11 bits per heavy atom. The molecule has 1 aromatic heterocycles. The number of rotatable bonds is 4. The average Bonchev–Trinajstić information content (AvgIpc) is 3.19. The fourth-order valence-electron chi connectivity index (χ4n) is 2.01. The number of aromatic nitrogens is 1. The van der Waals surface area contributed by atoms with E-state index in [-0.39, 0.29) is 5.60 Å². The van der Waals surface area contributed by atoms with Crippen LogP contribution in [0.3, 0.4) is 0 Å². The first-order valence-corrected chi connectivity index (χ1v) is 6.37. The summed E-state index contributed by atoms with van der Waals surface area (Å²) in [7, 11) is 1.68. The summed E-state index contributed by atoms with van der Waals surface area (Å²) in [6.07, 6.45) is 5.50. The van der Waals surface area contributed by atoms with Crippen molar-refractivity contribution in [3.05, 3.63) is 36.7 Å². The van der Waals surface area contributed by atoms with Crippen molar-refractivity contribution >= 4 is 22.4 Å². The van der Waals surface area contributed by atoms with Gasteiger partial charge in [-0.3, -0.25) is 4.98 Å². The smallest absolute Gasteiger partial charge is 0.200 e. The van der Waals surface area contributed by atoms with E-state index in [0.717, 1.165) is 29.4 Å². The lowest BCUT2D eigenvalue weighted by molar-refractivity contribution is 0.0179.